The number of thioether (sulfide) groups is 1. The van der Waals surface area contributed by atoms with Crippen molar-refractivity contribution in [2.24, 2.45) is 11.8 Å². The first-order valence-electron chi connectivity index (χ1n) is 7.68. The molecule has 0 aliphatic heterocycles. The summed E-state index contributed by atoms with van der Waals surface area (Å²) in [5.41, 5.74) is 1.21. The van der Waals surface area contributed by atoms with Gasteiger partial charge in [-0.1, -0.05) is 50.4 Å². The van der Waals surface area contributed by atoms with E-state index in [0.717, 1.165) is 17.2 Å². The largest absolute Gasteiger partial charge is 0.352 e. The maximum Gasteiger partial charge on any atom is 0.230 e. The van der Waals surface area contributed by atoms with Crippen LogP contribution in [0.25, 0.3) is 0 Å². The molecule has 116 valence electrons. The molecule has 1 aliphatic rings. The lowest BCUT2D eigenvalue weighted by Gasteiger charge is -2.34. The van der Waals surface area contributed by atoms with E-state index < -0.39 is 0 Å². The van der Waals surface area contributed by atoms with Gasteiger partial charge in [-0.15, -0.1) is 11.8 Å². The summed E-state index contributed by atoms with van der Waals surface area (Å²) in [5.74, 6) is 2.84. The Morgan fingerprint density at radius 3 is 2.71 bits per heavy atom. The molecule has 4 heteroatoms. The van der Waals surface area contributed by atoms with Gasteiger partial charge in [0.15, 0.2) is 0 Å². The number of nitrogens with one attached hydrogen (secondary N) is 1. The molecule has 1 aromatic rings. The SMILES string of the molecule is C[C@@H]1[C@H](C)CCC[C@@H]1NC(=O)CSCc1ccc(Cl)cc1. The van der Waals surface area contributed by atoms with Crippen molar-refractivity contribution in [3.63, 3.8) is 0 Å². The zero-order chi connectivity index (χ0) is 15.2. The zero-order valence-electron chi connectivity index (χ0n) is 12.8. The van der Waals surface area contributed by atoms with E-state index >= 15 is 0 Å². The molecule has 3 atom stereocenters. The van der Waals surface area contributed by atoms with Crippen LogP contribution in [0.3, 0.4) is 0 Å². The zero-order valence-corrected chi connectivity index (χ0v) is 14.3. The van der Waals surface area contributed by atoms with Gasteiger partial charge in [0, 0.05) is 16.8 Å². The molecule has 0 radical (unpaired) electrons. The molecule has 1 amide bonds. The van der Waals surface area contributed by atoms with Gasteiger partial charge in [-0.2, -0.15) is 0 Å². The molecule has 0 unspecified atom stereocenters. The van der Waals surface area contributed by atoms with E-state index in [0.29, 0.717) is 23.6 Å². The molecule has 0 bridgehead atoms. The summed E-state index contributed by atoms with van der Waals surface area (Å²) in [6, 6.07) is 8.17. The highest BCUT2D eigenvalue weighted by Gasteiger charge is 2.27. The lowest BCUT2D eigenvalue weighted by molar-refractivity contribution is -0.119. The summed E-state index contributed by atoms with van der Waals surface area (Å²) < 4.78 is 0. The fourth-order valence-electron chi connectivity index (χ4n) is 2.88. The number of carbonyl (C=O) groups excluding carboxylic acids is 1. The molecular weight excluding hydrogens is 302 g/mol. The molecule has 21 heavy (non-hydrogen) atoms. The van der Waals surface area contributed by atoms with E-state index in [2.05, 4.69) is 19.2 Å². The number of carbonyl (C=O) groups is 1. The Morgan fingerprint density at radius 2 is 2.00 bits per heavy atom. The number of benzene rings is 1. The summed E-state index contributed by atoms with van der Waals surface area (Å²) in [4.78, 5) is 12.1. The number of hydrogen-bond donors (Lipinski definition) is 1. The Morgan fingerprint density at radius 1 is 1.29 bits per heavy atom. The summed E-state index contributed by atoms with van der Waals surface area (Å²) in [6.45, 7) is 4.55. The first kappa shape index (κ1) is 16.7. The van der Waals surface area contributed by atoms with Crippen LogP contribution in [0.2, 0.25) is 5.02 Å². The number of halogens is 1. The third-order valence-corrected chi connectivity index (χ3v) is 5.72. The van der Waals surface area contributed by atoms with Crippen molar-refractivity contribution >= 4 is 29.3 Å². The van der Waals surface area contributed by atoms with Crippen LogP contribution in [0.1, 0.15) is 38.7 Å². The molecule has 0 saturated heterocycles. The molecule has 2 rings (SSSR count). The van der Waals surface area contributed by atoms with Crippen LogP contribution in [-0.2, 0) is 10.5 Å². The normalized spacial score (nSPS) is 25.6. The standard InChI is InChI=1S/C17H24ClNOS/c1-12-4-3-5-16(13(12)2)19-17(20)11-21-10-14-6-8-15(18)9-7-14/h6-9,12-13,16H,3-5,10-11H2,1-2H3,(H,19,20)/t12-,13-,16+/m1/s1. The highest BCUT2D eigenvalue weighted by molar-refractivity contribution is 7.99. The van der Waals surface area contributed by atoms with Gasteiger partial charge in [-0.25, -0.2) is 0 Å². The second-order valence-electron chi connectivity index (χ2n) is 6.06. The third-order valence-electron chi connectivity index (χ3n) is 4.47. The molecule has 1 aromatic carbocycles. The van der Waals surface area contributed by atoms with Crippen LogP contribution in [0, 0.1) is 11.8 Å². The van der Waals surface area contributed by atoms with Crippen molar-refractivity contribution in [3.05, 3.63) is 34.9 Å². The summed E-state index contributed by atoms with van der Waals surface area (Å²) in [6.07, 6.45) is 3.65. The maximum atomic E-state index is 12.1. The van der Waals surface area contributed by atoms with Crippen LogP contribution in [-0.4, -0.2) is 17.7 Å². The molecule has 0 aromatic heterocycles. The minimum Gasteiger partial charge on any atom is -0.352 e. The van der Waals surface area contributed by atoms with Crippen LogP contribution in [0.15, 0.2) is 24.3 Å². The van der Waals surface area contributed by atoms with Gasteiger partial charge in [-0.3, -0.25) is 4.79 Å². The average molecular weight is 326 g/mol. The Kier molecular flexibility index (Phi) is 6.43. The van der Waals surface area contributed by atoms with Gasteiger partial charge in [0.25, 0.3) is 0 Å². The number of amides is 1. The van der Waals surface area contributed by atoms with Crippen molar-refractivity contribution in [1.29, 1.82) is 0 Å². The Labute approximate surface area is 137 Å². The highest BCUT2D eigenvalue weighted by atomic mass is 35.5. The Hall–Kier alpha value is -0.670. The smallest absolute Gasteiger partial charge is 0.230 e. The molecule has 1 fully saturated rings. The topological polar surface area (TPSA) is 29.1 Å². The summed E-state index contributed by atoms with van der Waals surface area (Å²) in [7, 11) is 0. The first-order valence-corrected chi connectivity index (χ1v) is 9.21. The van der Waals surface area contributed by atoms with Gasteiger partial charge in [-0.05, 0) is 36.0 Å². The molecule has 1 saturated carbocycles. The first-order chi connectivity index (χ1) is 10.1. The van der Waals surface area contributed by atoms with Gasteiger partial charge in [0.1, 0.15) is 0 Å². The molecular formula is C17H24ClNOS. The van der Waals surface area contributed by atoms with Crippen LogP contribution in [0.5, 0.6) is 0 Å². The van der Waals surface area contributed by atoms with Gasteiger partial charge in [0.05, 0.1) is 5.75 Å². The lowest BCUT2D eigenvalue weighted by atomic mass is 9.78. The predicted molar refractivity (Wildman–Crippen MR) is 91.7 cm³/mol. The third kappa shape index (κ3) is 5.23. The molecule has 0 spiro atoms. The van der Waals surface area contributed by atoms with Gasteiger partial charge < -0.3 is 5.32 Å². The van der Waals surface area contributed by atoms with Crippen molar-refractivity contribution in [2.75, 3.05) is 5.75 Å². The Balaban J connectivity index is 1.71. The van der Waals surface area contributed by atoms with E-state index in [1.165, 1.54) is 18.4 Å². The summed E-state index contributed by atoms with van der Waals surface area (Å²) in [5, 5.41) is 3.97. The molecule has 0 heterocycles. The average Bonchev–Trinajstić information content (AvgIpc) is 2.46. The van der Waals surface area contributed by atoms with Crippen molar-refractivity contribution in [3.8, 4) is 0 Å². The quantitative estimate of drug-likeness (QED) is 0.862. The van der Waals surface area contributed by atoms with E-state index in [9.17, 15) is 4.79 Å². The van der Waals surface area contributed by atoms with Crippen molar-refractivity contribution in [1.82, 2.24) is 5.32 Å². The number of rotatable bonds is 5. The second-order valence-corrected chi connectivity index (χ2v) is 7.48. The van der Waals surface area contributed by atoms with Crippen LogP contribution >= 0.6 is 23.4 Å². The minimum absolute atomic E-state index is 0.167. The van der Waals surface area contributed by atoms with E-state index in [4.69, 9.17) is 11.6 Å². The van der Waals surface area contributed by atoms with Crippen molar-refractivity contribution in [2.45, 2.75) is 44.9 Å². The maximum absolute atomic E-state index is 12.1. The highest BCUT2D eigenvalue weighted by Crippen LogP contribution is 2.29. The van der Waals surface area contributed by atoms with Crippen molar-refractivity contribution < 1.29 is 4.79 Å². The Bertz CT molecular complexity index is 462. The van der Waals surface area contributed by atoms with E-state index in [-0.39, 0.29) is 5.91 Å². The minimum atomic E-state index is 0.167. The fourth-order valence-corrected chi connectivity index (χ4v) is 3.80. The van der Waals surface area contributed by atoms with Crippen LogP contribution < -0.4 is 5.32 Å². The van der Waals surface area contributed by atoms with E-state index in [1.54, 1.807) is 11.8 Å². The lowest BCUT2D eigenvalue weighted by Crippen LogP contribution is -2.44. The second kappa shape index (κ2) is 8.09. The molecule has 2 nitrogen and oxygen atoms in total. The molecule has 1 N–H and O–H groups in total. The van der Waals surface area contributed by atoms with Crippen LogP contribution in [0.4, 0.5) is 0 Å². The van der Waals surface area contributed by atoms with Gasteiger partial charge in [0.2, 0.25) is 5.91 Å². The predicted octanol–water partition coefficient (Wildman–Crippen LogP) is 4.51. The molecule has 1 aliphatic carbocycles. The van der Waals surface area contributed by atoms with E-state index in [1.807, 2.05) is 24.3 Å². The fraction of sp³-hybridized carbons (Fsp3) is 0.588. The number of hydrogen-bond acceptors (Lipinski definition) is 2. The monoisotopic (exact) mass is 325 g/mol. The summed E-state index contributed by atoms with van der Waals surface area (Å²) >= 11 is 7.51. The van der Waals surface area contributed by atoms with Gasteiger partial charge >= 0.3 is 0 Å².